The van der Waals surface area contributed by atoms with Gasteiger partial charge in [0, 0.05) is 0 Å². The highest BCUT2D eigenvalue weighted by molar-refractivity contribution is 7.79. The molecule has 12 heavy (non-hydrogen) atoms. The summed E-state index contributed by atoms with van der Waals surface area (Å²) in [5.74, 6) is 0. The molecule has 1 atom stereocenters. The molecule has 1 unspecified atom stereocenters. The first-order valence-electron chi connectivity index (χ1n) is 3.19. The Balaban J connectivity index is 2.68. The Hall–Kier alpha value is -1.27. The highest BCUT2D eigenvalue weighted by atomic mass is 32.2. The molecule has 0 bridgehead atoms. The third kappa shape index (κ3) is 1.10. The maximum atomic E-state index is 10.6. The van der Waals surface area contributed by atoms with E-state index in [1.807, 2.05) is 0 Å². The van der Waals surface area contributed by atoms with Gasteiger partial charge in [-0.05, 0) is 18.2 Å². The molecule has 5 nitrogen and oxygen atoms in total. The summed E-state index contributed by atoms with van der Waals surface area (Å²) >= 11 is -1.95. The van der Waals surface area contributed by atoms with E-state index in [9.17, 15) is 4.21 Å². The molecule has 2 aromatic rings. The zero-order valence-electron chi connectivity index (χ0n) is 5.89. The van der Waals surface area contributed by atoms with Crippen molar-refractivity contribution in [3.63, 3.8) is 0 Å². The molecule has 0 amide bonds. The summed E-state index contributed by atoms with van der Waals surface area (Å²) in [6.07, 6.45) is 0. The first-order chi connectivity index (χ1) is 5.77. The van der Waals surface area contributed by atoms with Crippen LogP contribution in [0.2, 0.25) is 0 Å². The monoisotopic (exact) mass is 183 g/mol. The Kier molecular flexibility index (Phi) is 1.63. The van der Waals surface area contributed by atoms with Gasteiger partial charge in [0.25, 0.3) is 0 Å². The van der Waals surface area contributed by atoms with Gasteiger partial charge in [0.1, 0.15) is 11.0 Å². The fraction of sp³-hybridized carbons (Fsp3) is 0. The molecule has 0 saturated heterocycles. The summed E-state index contributed by atoms with van der Waals surface area (Å²) in [5, 5.41) is 10.0. The average molecular weight is 183 g/mol. The minimum Gasteiger partial charge on any atom is -0.302 e. The molecular formula is C6H5N3O2S. The molecule has 2 rings (SSSR count). The van der Waals surface area contributed by atoms with Gasteiger partial charge >= 0.3 is 0 Å². The van der Waals surface area contributed by atoms with Gasteiger partial charge in [-0.2, -0.15) is 15.4 Å². The second kappa shape index (κ2) is 2.65. The number of nitrogens with zero attached hydrogens (tertiary/aromatic N) is 2. The van der Waals surface area contributed by atoms with E-state index < -0.39 is 11.1 Å². The van der Waals surface area contributed by atoms with Crippen LogP contribution in [0, 0.1) is 0 Å². The third-order valence-electron chi connectivity index (χ3n) is 1.49. The van der Waals surface area contributed by atoms with Crippen molar-refractivity contribution in [2.24, 2.45) is 0 Å². The quantitative estimate of drug-likeness (QED) is 0.632. The number of rotatable bonds is 1. The molecule has 0 aliphatic heterocycles. The van der Waals surface area contributed by atoms with Gasteiger partial charge in [-0.3, -0.25) is 0 Å². The van der Waals surface area contributed by atoms with Crippen molar-refractivity contribution < 1.29 is 8.76 Å². The minimum atomic E-state index is -1.95. The largest absolute Gasteiger partial charge is 0.302 e. The predicted octanol–water partition coefficient (Wildman–Crippen LogP) is 0.538. The molecule has 6 heteroatoms. The highest BCUT2D eigenvalue weighted by Gasteiger charge is 2.02. The molecular weight excluding hydrogens is 178 g/mol. The Labute approximate surface area is 70.1 Å². The topological polar surface area (TPSA) is 78.9 Å². The number of aromatic amines is 1. The third-order valence-corrected chi connectivity index (χ3v) is 2.15. The number of fused-ring (bicyclic) bond motifs is 1. The number of H-pyrrole nitrogens is 1. The van der Waals surface area contributed by atoms with Crippen LogP contribution in [0.1, 0.15) is 0 Å². The molecule has 1 aromatic heterocycles. The van der Waals surface area contributed by atoms with Gasteiger partial charge in [0.2, 0.25) is 0 Å². The number of benzene rings is 1. The second-order valence-corrected chi connectivity index (χ2v) is 3.19. The summed E-state index contributed by atoms with van der Waals surface area (Å²) in [6.45, 7) is 0. The van der Waals surface area contributed by atoms with Crippen LogP contribution < -0.4 is 0 Å². The van der Waals surface area contributed by atoms with Crippen LogP contribution in [0.4, 0.5) is 0 Å². The van der Waals surface area contributed by atoms with Crippen molar-refractivity contribution in [2.45, 2.75) is 4.90 Å². The average Bonchev–Trinajstić information content (AvgIpc) is 2.49. The lowest BCUT2D eigenvalue weighted by molar-refractivity contribution is 0.564. The number of hydrogen-bond acceptors (Lipinski definition) is 3. The Morgan fingerprint density at radius 2 is 2.08 bits per heavy atom. The first kappa shape index (κ1) is 7.38. The molecule has 0 aliphatic rings. The highest BCUT2D eigenvalue weighted by Crippen LogP contribution is 2.12. The van der Waals surface area contributed by atoms with E-state index in [0.717, 1.165) is 0 Å². The summed E-state index contributed by atoms with van der Waals surface area (Å²) in [5.41, 5.74) is 1.28. The molecule has 0 fully saturated rings. The van der Waals surface area contributed by atoms with E-state index >= 15 is 0 Å². The summed E-state index contributed by atoms with van der Waals surface area (Å²) < 4.78 is 19.4. The summed E-state index contributed by atoms with van der Waals surface area (Å²) in [6, 6.07) is 4.71. The van der Waals surface area contributed by atoms with Crippen LogP contribution in [0.3, 0.4) is 0 Å². The SMILES string of the molecule is O=S(O)c1ccc2n[nH]nc2c1. The predicted molar refractivity (Wildman–Crippen MR) is 42.9 cm³/mol. The van der Waals surface area contributed by atoms with Crippen LogP contribution in [0.15, 0.2) is 23.1 Å². The smallest absolute Gasteiger partial charge is 0.186 e. The van der Waals surface area contributed by atoms with E-state index in [1.165, 1.54) is 6.07 Å². The lowest BCUT2D eigenvalue weighted by Gasteiger charge is -1.91. The van der Waals surface area contributed by atoms with Crippen molar-refractivity contribution >= 4 is 22.1 Å². The lowest BCUT2D eigenvalue weighted by Crippen LogP contribution is -1.86. The van der Waals surface area contributed by atoms with Gasteiger partial charge < -0.3 is 4.55 Å². The van der Waals surface area contributed by atoms with Crippen molar-refractivity contribution in [3.05, 3.63) is 18.2 Å². The second-order valence-electron chi connectivity index (χ2n) is 2.22. The normalized spacial score (nSPS) is 13.4. The molecule has 0 saturated carbocycles. The van der Waals surface area contributed by atoms with Crippen molar-refractivity contribution in [1.29, 1.82) is 0 Å². The maximum absolute atomic E-state index is 10.6. The van der Waals surface area contributed by atoms with Gasteiger partial charge in [0.05, 0.1) is 4.90 Å². The van der Waals surface area contributed by atoms with Crippen molar-refractivity contribution in [3.8, 4) is 0 Å². The Morgan fingerprint density at radius 3 is 2.83 bits per heavy atom. The lowest BCUT2D eigenvalue weighted by atomic mass is 10.3. The molecule has 2 N–H and O–H groups in total. The first-order valence-corrected chi connectivity index (χ1v) is 4.29. The molecule has 62 valence electrons. The fourth-order valence-corrected chi connectivity index (χ4v) is 1.33. The van der Waals surface area contributed by atoms with E-state index in [2.05, 4.69) is 15.4 Å². The van der Waals surface area contributed by atoms with Gasteiger partial charge in [0.15, 0.2) is 11.1 Å². The van der Waals surface area contributed by atoms with Crippen LogP contribution >= 0.6 is 0 Å². The van der Waals surface area contributed by atoms with Crippen molar-refractivity contribution in [2.75, 3.05) is 0 Å². The van der Waals surface area contributed by atoms with E-state index in [0.29, 0.717) is 15.9 Å². The van der Waals surface area contributed by atoms with Crippen LogP contribution in [0.25, 0.3) is 11.0 Å². The number of aromatic nitrogens is 3. The van der Waals surface area contributed by atoms with E-state index in [4.69, 9.17) is 4.55 Å². The van der Waals surface area contributed by atoms with Crippen LogP contribution in [-0.2, 0) is 11.1 Å². The maximum Gasteiger partial charge on any atom is 0.186 e. The molecule has 1 heterocycles. The minimum absolute atomic E-state index is 0.330. The molecule has 0 aliphatic carbocycles. The molecule has 1 aromatic carbocycles. The summed E-state index contributed by atoms with van der Waals surface area (Å²) in [4.78, 5) is 0.330. The standard InChI is InChI=1S/C6H5N3O2S/c10-12(11)4-1-2-5-6(3-4)8-9-7-5/h1-3H,(H,10,11)(H,7,8,9). The van der Waals surface area contributed by atoms with Crippen LogP contribution in [0.5, 0.6) is 0 Å². The molecule has 0 radical (unpaired) electrons. The zero-order valence-corrected chi connectivity index (χ0v) is 6.71. The fourth-order valence-electron chi connectivity index (χ4n) is 0.929. The van der Waals surface area contributed by atoms with Gasteiger partial charge in [-0.1, -0.05) is 0 Å². The number of hydrogen-bond donors (Lipinski definition) is 2. The van der Waals surface area contributed by atoms with E-state index in [1.54, 1.807) is 12.1 Å². The Bertz CT molecular complexity index is 439. The van der Waals surface area contributed by atoms with E-state index in [-0.39, 0.29) is 0 Å². The van der Waals surface area contributed by atoms with Gasteiger partial charge in [-0.15, -0.1) is 0 Å². The molecule has 0 spiro atoms. The Morgan fingerprint density at radius 1 is 1.33 bits per heavy atom. The number of nitrogens with one attached hydrogen (secondary N) is 1. The summed E-state index contributed by atoms with van der Waals surface area (Å²) in [7, 11) is 0. The zero-order chi connectivity index (χ0) is 8.55. The van der Waals surface area contributed by atoms with Crippen LogP contribution in [-0.4, -0.2) is 24.2 Å². The van der Waals surface area contributed by atoms with Gasteiger partial charge in [-0.25, -0.2) is 4.21 Å². The van der Waals surface area contributed by atoms with Crippen molar-refractivity contribution in [1.82, 2.24) is 15.4 Å².